The van der Waals surface area contributed by atoms with Crippen LogP contribution in [-0.2, 0) is 9.53 Å². The summed E-state index contributed by atoms with van der Waals surface area (Å²) in [6.07, 6.45) is 14.3. The number of hydrogen-bond acceptors (Lipinski definition) is 2. The highest BCUT2D eigenvalue weighted by molar-refractivity contribution is 5.81. The molecule has 2 atom stereocenters. The summed E-state index contributed by atoms with van der Waals surface area (Å²) in [5, 5.41) is 0. The van der Waals surface area contributed by atoms with Crippen LogP contribution >= 0.6 is 0 Å². The van der Waals surface area contributed by atoms with Crippen molar-refractivity contribution >= 4 is 5.91 Å². The molecule has 1 aliphatic rings. The average molecular weight is 255 g/mol. The van der Waals surface area contributed by atoms with E-state index in [-0.39, 0.29) is 18.1 Å². The van der Waals surface area contributed by atoms with Crippen LogP contribution in [-0.4, -0.2) is 18.1 Å². The quantitative estimate of drug-likeness (QED) is 0.428. The van der Waals surface area contributed by atoms with Gasteiger partial charge in [0.15, 0.2) is 6.10 Å². The Morgan fingerprint density at radius 2 is 1.44 bits per heavy atom. The number of hydrogen-bond donors (Lipinski definition) is 1. The fourth-order valence-corrected chi connectivity index (χ4v) is 2.45. The van der Waals surface area contributed by atoms with Crippen LogP contribution in [0.4, 0.5) is 0 Å². The zero-order valence-corrected chi connectivity index (χ0v) is 11.8. The minimum absolute atomic E-state index is 0.136. The maximum absolute atomic E-state index is 10.8. The van der Waals surface area contributed by atoms with Crippen LogP contribution in [0.3, 0.4) is 0 Å². The molecular formula is C15H29NO2. The molecule has 1 amide bonds. The fourth-order valence-electron chi connectivity index (χ4n) is 2.45. The topological polar surface area (TPSA) is 55.6 Å². The molecule has 0 saturated carbocycles. The lowest BCUT2D eigenvalue weighted by Crippen LogP contribution is -2.19. The zero-order valence-electron chi connectivity index (χ0n) is 11.8. The zero-order chi connectivity index (χ0) is 13.2. The number of carbonyl (C=O) groups excluding carboxylic acids is 1. The van der Waals surface area contributed by atoms with Gasteiger partial charge in [-0.25, -0.2) is 0 Å². The van der Waals surface area contributed by atoms with Crippen molar-refractivity contribution in [3.63, 3.8) is 0 Å². The highest BCUT2D eigenvalue weighted by Gasteiger charge is 2.42. The Morgan fingerprint density at radius 1 is 0.944 bits per heavy atom. The van der Waals surface area contributed by atoms with Gasteiger partial charge in [0.05, 0.1) is 6.10 Å². The summed E-state index contributed by atoms with van der Waals surface area (Å²) in [5.41, 5.74) is 5.14. The van der Waals surface area contributed by atoms with Gasteiger partial charge in [-0.15, -0.1) is 0 Å². The fraction of sp³-hybridized carbons (Fsp3) is 0.933. The van der Waals surface area contributed by atoms with E-state index in [1.54, 1.807) is 0 Å². The normalized spacial score (nSPS) is 22.1. The van der Waals surface area contributed by atoms with Crippen LogP contribution in [0.1, 0.15) is 77.6 Å². The molecule has 3 heteroatoms. The van der Waals surface area contributed by atoms with Gasteiger partial charge in [-0.3, -0.25) is 4.79 Å². The third-order valence-electron chi connectivity index (χ3n) is 3.71. The summed E-state index contributed by atoms with van der Waals surface area (Å²) in [6, 6.07) is 0. The molecule has 1 heterocycles. The molecule has 1 fully saturated rings. The number of primary amides is 1. The van der Waals surface area contributed by atoms with E-state index in [1.165, 1.54) is 64.2 Å². The summed E-state index contributed by atoms with van der Waals surface area (Å²) in [7, 11) is 0. The van der Waals surface area contributed by atoms with Crippen molar-refractivity contribution in [1.82, 2.24) is 0 Å². The predicted octanol–water partition coefficient (Wildman–Crippen LogP) is 3.55. The largest absolute Gasteiger partial charge is 0.367 e. The molecule has 0 radical (unpaired) electrons. The van der Waals surface area contributed by atoms with E-state index in [4.69, 9.17) is 10.5 Å². The van der Waals surface area contributed by atoms with Crippen molar-refractivity contribution in [2.45, 2.75) is 89.8 Å². The van der Waals surface area contributed by atoms with Crippen molar-refractivity contribution in [1.29, 1.82) is 0 Å². The van der Waals surface area contributed by atoms with Crippen molar-refractivity contribution in [3.8, 4) is 0 Å². The van der Waals surface area contributed by atoms with Crippen molar-refractivity contribution < 1.29 is 9.53 Å². The Morgan fingerprint density at radius 3 is 1.89 bits per heavy atom. The standard InChI is InChI=1S/C15H29NO2/c1-2-3-4-5-6-7-8-9-10-11-12-13-14(18-13)15(16)17/h13-14H,2-12H2,1H3,(H2,16,17). The summed E-state index contributed by atoms with van der Waals surface area (Å²) in [5.74, 6) is -0.299. The molecule has 3 nitrogen and oxygen atoms in total. The van der Waals surface area contributed by atoms with Gasteiger partial charge in [0.25, 0.3) is 0 Å². The molecule has 0 spiro atoms. The lowest BCUT2D eigenvalue weighted by molar-refractivity contribution is -0.119. The van der Waals surface area contributed by atoms with Gasteiger partial charge in [-0.2, -0.15) is 0 Å². The Hall–Kier alpha value is -0.570. The van der Waals surface area contributed by atoms with Gasteiger partial charge in [-0.1, -0.05) is 71.1 Å². The summed E-state index contributed by atoms with van der Waals surface area (Å²) in [4.78, 5) is 10.8. The highest BCUT2D eigenvalue weighted by Crippen LogP contribution is 2.27. The van der Waals surface area contributed by atoms with Gasteiger partial charge in [-0.05, 0) is 6.42 Å². The van der Waals surface area contributed by atoms with Crippen LogP contribution in [0, 0.1) is 0 Å². The van der Waals surface area contributed by atoms with Crippen molar-refractivity contribution in [3.05, 3.63) is 0 Å². The minimum atomic E-state index is -0.299. The molecule has 0 aliphatic carbocycles. The number of ether oxygens (including phenoxy) is 1. The summed E-state index contributed by atoms with van der Waals surface area (Å²) < 4.78 is 5.19. The molecule has 18 heavy (non-hydrogen) atoms. The number of amides is 1. The lowest BCUT2D eigenvalue weighted by atomic mass is 10.0. The van der Waals surface area contributed by atoms with E-state index in [0.717, 1.165) is 6.42 Å². The molecule has 106 valence electrons. The second-order valence-electron chi connectivity index (χ2n) is 5.47. The molecule has 0 aromatic heterocycles. The molecule has 0 aromatic rings. The second kappa shape index (κ2) is 9.37. The van der Waals surface area contributed by atoms with E-state index >= 15 is 0 Å². The highest BCUT2D eigenvalue weighted by atomic mass is 16.6. The number of carbonyl (C=O) groups is 1. The molecule has 2 unspecified atom stereocenters. The molecule has 1 saturated heterocycles. The average Bonchev–Trinajstić information content (AvgIpc) is 3.11. The SMILES string of the molecule is CCCCCCCCCCCCC1OC1C(N)=O. The number of epoxide rings is 1. The van der Waals surface area contributed by atoms with Crippen molar-refractivity contribution in [2.24, 2.45) is 5.73 Å². The first-order valence-corrected chi connectivity index (χ1v) is 7.70. The van der Waals surface area contributed by atoms with Crippen molar-refractivity contribution in [2.75, 3.05) is 0 Å². The molecular weight excluding hydrogens is 226 g/mol. The van der Waals surface area contributed by atoms with E-state index in [1.807, 2.05) is 0 Å². The Kier molecular flexibility index (Phi) is 8.06. The maximum Gasteiger partial charge on any atom is 0.249 e. The summed E-state index contributed by atoms with van der Waals surface area (Å²) >= 11 is 0. The Balaban J connectivity index is 1.73. The number of unbranched alkanes of at least 4 members (excludes halogenated alkanes) is 9. The van der Waals surface area contributed by atoms with Crippen LogP contribution < -0.4 is 5.73 Å². The van der Waals surface area contributed by atoms with Crippen LogP contribution in [0.15, 0.2) is 0 Å². The van der Waals surface area contributed by atoms with Crippen LogP contribution in [0.25, 0.3) is 0 Å². The Labute approximate surface area is 111 Å². The summed E-state index contributed by atoms with van der Waals surface area (Å²) in [6.45, 7) is 2.26. The third kappa shape index (κ3) is 7.00. The molecule has 0 bridgehead atoms. The monoisotopic (exact) mass is 255 g/mol. The van der Waals surface area contributed by atoms with Gasteiger partial charge >= 0.3 is 0 Å². The first-order chi connectivity index (χ1) is 8.75. The maximum atomic E-state index is 10.8. The van der Waals surface area contributed by atoms with E-state index in [9.17, 15) is 4.79 Å². The van der Waals surface area contributed by atoms with Crippen LogP contribution in [0.2, 0.25) is 0 Å². The lowest BCUT2D eigenvalue weighted by Gasteiger charge is -2.01. The van der Waals surface area contributed by atoms with Gasteiger partial charge in [0.2, 0.25) is 5.91 Å². The van der Waals surface area contributed by atoms with E-state index < -0.39 is 0 Å². The van der Waals surface area contributed by atoms with Gasteiger partial charge in [0, 0.05) is 0 Å². The smallest absolute Gasteiger partial charge is 0.249 e. The third-order valence-corrected chi connectivity index (χ3v) is 3.71. The number of rotatable bonds is 12. The minimum Gasteiger partial charge on any atom is -0.367 e. The second-order valence-corrected chi connectivity index (χ2v) is 5.47. The van der Waals surface area contributed by atoms with Crippen LogP contribution in [0.5, 0.6) is 0 Å². The molecule has 1 rings (SSSR count). The van der Waals surface area contributed by atoms with E-state index in [2.05, 4.69) is 6.92 Å². The first-order valence-electron chi connectivity index (χ1n) is 7.70. The van der Waals surface area contributed by atoms with E-state index in [0.29, 0.717) is 0 Å². The first kappa shape index (κ1) is 15.5. The Bertz CT molecular complexity index is 231. The predicted molar refractivity (Wildman–Crippen MR) is 74.3 cm³/mol. The molecule has 1 aliphatic heterocycles. The van der Waals surface area contributed by atoms with Gasteiger partial charge in [0.1, 0.15) is 0 Å². The molecule has 2 N–H and O–H groups in total. The van der Waals surface area contributed by atoms with Gasteiger partial charge < -0.3 is 10.5 Å². The number of nitrogens with two attached hydrogens (primary N) is 1. The molecule has 0 aromatic carbocycles.